The molecule has 3 amide bonds. The van der Waals surface area contributed by atoms with Crippen LogP contribution in [0, 0.1) is 0 Å². The summed E-state index contributed by atoms with van der Waals surface area (Å²) < 4.78 is 10.2. The van der Waals surface area contributed by atoms with Crippen LogP contribution in [0.2, 0.25) is 0 Å². The molecule has 3 aromatic rings. The molecule has 3 rings (SSSR count). The minimum atomic E-state index is -1.30. The number of amides is 3. The van der Waals surface area contributed by atoms with Gasteiger partial charge in [-0.15, -0.1) is 0 Å². The van der Waals surface area contributed by atoms with E-state index in [0.29, 0.717) is 5.56 Å². The lowest BCUT2D eigenvalue weighted by molar-refractivity contribution is -0.147. The highest BCUT2D eigenvalue weighted by Gasteiger charge is 2.25. The Balaban J connectivity index is 1.64. The smallest absolute Gasteiger partial charge is 0.331 e. The number of nitrogens with one attached hydrogen (secondary N) is 3. The zero-order valence-electron chi connectivity index (χ0n) is 20.5. The molecule has 0 fully saturated rings. The molecule has 4 N–H and O–H groups in total. The molecular weight excluding hydrogens is 492 g/mol. The first-order chi connectivity index (χ1) is 18.4. The molecule has 11 heteroatoms. The fraction of sp³-hybridized carbons (Fsp3) is 0.222. The normalized spacial score (nSPS) is 12.0. The Morgan fingerprint density at radius 3 is 2.34 bits per heavy atom. The highest BCUT2D eigenvalue weighted by Crippen LogP contribution is 2.18. The summed E-state index contributed by atoms with van der Waals surface area (Å²) in [5.74, 6) is -2.60. The molecule has 0 saturated carbocycles. The number of esters is 1. The number of rotatable bonds is 13. The van der Waals surface area contributed by atoms with Crippen molar-refractivity contribution in [1.29, 1.82) is 0 Å². The fourth-order valence-corrected chi connectivity index (χ4v) is 3.34. The molecule has 2 aromatic carbocycles. The summed E-state index contributed by atoms with van der Waals surface area (Å²) in [5, 5.41) is 16.7. The van der Waals surface area contributed by atoms with Crippen LogP contribution in [0.1, 0.15) is 16.1 Å². The molecule has 11 nitrogen and oxygen atoms in total. The number of oxazole rings is 1. The largest absolute Gasteiger partial charge is 0.460 e. The summed E-state index contributed by atoms with van der Waals surface area (Å²) in [7, 11) is 0. The molecule has 0 aliphatic rings. The van der Waals surface area contributed by atoms with Gasteiger partial charge in [-0.1, -0.05) is 61.2 Å². The van der Waals surface area contributed by atoms with Crippen molar-refractivity contribution in [1.82, 2.24) is 20.9 Å². The van der Waals surface area contributed by atoms with Crippen LogP contribution in [0.4, 0.5) is 0 Å². The summed E-state index contributed by atoms with van der Waals surface area (Å²) in [6.07, 6.45) is 2.68. The maximum Gasteiger partial charge on any atom is 0.331 e. The molecule has 0 radical (unpaired) electrons. The van der Waals surface area contributed by atoms with E-state index < -0.39 is 48.9 Å². The number of aliphatic hydroxyl groups is 1. The van der Waals surface area contributed by atoms with E-state index in [-0.39, 0.29) is 24.6 Å². The zero-order valence-corrected chi connectivity index (χ0v) is 20.5. The van der Waals surface area contributed by atoms with Gasteiger partial charge in [-0.05, 0) is 17.7 Å². The van der Waals surface area contributed by atoms with Gasteiger partial charge >= 0.3 is 5.97 Å². The fourth-order valence-electron chi connectivity index (χ4n) is 3.34. The van der Waals surface area contributed by atoms with Crippen molar-refractivity contribution in [3.63, 3.8) is 0 Å². The second kappa shape index (κ2) is 14.1. The van der Waals surface area contributed by atoms with Gasteiger partial charge < -0.3 is 30.2 Å². The van der Waals surface area contributed by atoms with Gasteiger partial charge in [-0.25, -0.2) is 9.78 Å². The summed E-state index contributed by atoms with van der Waals surface area (Å²) in [6, 6.07) is 15.7. The number of hydrogen-bond donors (Lipinski definition) is 4. The van der Waals surface area contributed by atoms with Crippen LogP contribution in [0.3, 0.4) is 0 Å². The van der Waals surface area contributed by atoms with Gasteiger partial charge in [0.1, 0.15) is 18.9 Å². The summed E-state index contributed by atoms with van der Waals surface area (Å²) in [6.45, 7) is 2.14. The SMILES string of the molecule is C=CCOC(=O)[C@H](CO)NC(=O)CNC(=O)[C@H](Cc1ccccc1)NC(=O)c1coc(-c2ccccc2)n1. The Kier molecular flexibility index (Phi) is 10.3. The van der Waals surface area contributed by atoms with E-state index in [1.165, 1.54) is 12.3 Å². The van der Waals surface area contributed by atoms with E-state index in [0.717, 1.165) is 5.56 Å². The number of carbonyl (C=O) groups is 4. The average molecular weight is 521 g/mol. The molecule has 0 aliphatic heterocycles. The first kappa shape index (κ1) is 27.8. The average Bonchev–Trinajstić information content (AvgIpc) is 3.44. The van der Waals surface area contributed by atoms with E-state index in [2.05, 4.69) is 27.5 Å². The van der Waals surface area contributed by atoms with E-state index in [1.54, 1.807) is 36.4 Å². The van der Waals surface area contributed by atoms with Crippen LogP contribution in [0.5, 0.6) is 0 Å². The Labute approximate surface area is 218 Å². The summed E-state index contributed by atoms with van der Waals surface area (Å²) >= 11 is 0. The van der Waals surface area contributed by atoms with Crippen LogP contribution in [-0.2, 0) is 25.5 Å². The molecule has 0 spiro atoms. The maximum absolute atomic E-state index is 13.0. The Bertz CT molecular complexity index is 1240. The van der Waals surface area contributed by atoms with Crippen molar-refractivity contribution in [2.75, 3.05) is 19.8 Å². The number of ether oxygens (including phenoxy) is 1. The van der Waals surface area contributed by atoms with Crippen LogP contribution in [0.15, 0.2) is 84.0 Å². The molecule has 1 heterocycles. The van der Waals surface area contributed by atoms with Crippen LogP contribution in [0.25, 0.3) is 11.5 Å². The number of carbonyl (C=O) groups excluding carboxylic acids is 4. The standard InChI is InChI=1S/C27H28N4O7/c1-2-13-37-27(36)21(16-32)29-23(33)15-28-24(34)20(14-18-9-5-3-6-10-18)30-25(35)22-17-38-26(31-22)19-11-7-4-8-12-19/h2-12,17,20-21,32H,1,13-16H2,(H,28,34)(H,29,33)(H,30,35)/t20-,21-/m0/s1. The maximum atomic E-state index is 13.0. The quantitative estimate of drug-likeness (QED) is 0.192. The summed E-state index contributed by atoms with van der Waals surface area (Å²) in [5.41, 5.74) is 1.44. The highest BCUT2D eigenvalue weighted by molar-refractivity contribution is 5.97. The van der Waals surface area contributed by atoms with Crippen molar-refractivity contribution < 1.29 is 33.4 Å². The molecule has 38 heavy (non-hydrogen) atoms. The van der Waals surface area contributed by atoms with Crippen LogP contribution < -0.4 is 16.0 Å². The van der Waals surface area contributed by atoms with Crippen molar-refractivity contribution in [3.05, 3.63) is 90.8 Å². The van der Waals surface area contributed by atoms with E-state index in [4.69, 9.17) is 9.15 Å². The summed E-state index contributed by atoms with van der Waals surface area (Å²) in [4.78, 5) is 54.2. The number of benzene rings is 2. The molecule has 0 bridgehead atoms. The van der Waals surface area contributed by atoms with Gasteiger partial charge in [-0.3, -0.25) is 14.4 Å². The van der Waals surface area contributed by atoms with Crippen molar-refractivity contribution >= 4 is 23.7 Å². The third kappa shape index (κ3) is 8.14. The van der Waals surface area contributed by atoms with E-state index in [9.17, 15) is 24.3 Å². The minimum absolute atomic E-state index is 0.0173. The van der Waals surface area contributed by atoms with Gasteiger partial charge in [0.15, 0.2) is 11.7 Å². The van der Waals surface area contributed by atoms with E-state index in [1.807, 2.05) is 24.3 Å². The molecule has 0 aliphatic carbocycles. The van der Waals surface area contributed by atoms with Crippen molar-refractivity contribution in [2.45, 2.75) is 18.5 Å². The Hall–Kier alpha value is -4.77. The van der Waals surface area contributed by atoms with E-state index >= 15 is 0 Å². The second-order valence-corrected chi connectivity index (χ2v) is 8.06. The van der Waals surface area contributed by atoms with Gasteiger partial charge in [0.25, 0.3) is 5.91 Å². The Morgan fingerprint density at radius 2 is 1.68 bits per heavy atom. The predicted octanol–water partition coefficient (Wildman–Crippen LogP) is 1.01. The number of aromatic nitrogens is 1. The third-order valence-corrected chi connectivity index (χ3v) is 5.23. The lowest BCUT2D eigenvalue weighted by Crippen LogP contribution is -2.52. The molecule has 0 unspecified atom stereocenters. The lowest BCUT2D eigenvalue weighted by atomic mass is 10.0. The third-order valence-electron chi connectivity index (χ3n) is 5.23. The first-order valence-corrected chi connectivity index (χ1v) is 11.7. The molecule has 1 aromatic heterocycles. The first-order valence-electron chi connectivity index (χ1n) is 11.7. The number of hydrogen-bond acceptors (Lipinski definition) is 8. The zero-order chi connectivity index (χ0) is 27.3. The number of aliphatic hydroxyl groups excluding tert-OH is 1. The van der Waals surface area contributed by atoms with Gasteiger partial charge in [0.05, 0.1) is 13.2 Å². The molecule has 2 atom stereocenters. The molecular formula is C27H28N4O7. The second-order valence-electron chi connectivity index (χ2n) is 8.06. The van der Waals surface area contributed by atoms with Gasteiger partial charge in [-0.2, -0.15) is 0 Å². The lowest BCUT2D eigenvalue weighted by Gasteiger charge is -2.19. The van der Waals surface area contributed by atoms with Crippen LogP contribution in [-0.4, -0.2) is 65.6 Å². The predicted molar refractivity (Wildman–Crippen MR) is 137 cm³/mol. The number of nitrogens with zero attached hydrogens (tertiary/aromatic N) is 1. The van der Waals surface area contributed by atoms with Crippen molar-refractivity contribution in [2.24, 2.45) is 0 Å². The highest BCUT2D eigenvalue weighted by atomic mass is 16.5. The van der Waals surface area contributed by atoms with Crippen LogP contribution >= 0.6 is 0 Å². The Morgan fingerprint density at radius 1 is 1.00 bits per heavy atom. The molecule has 0 saturated heterocycles. The monoisotopic (exact) mass is 520 g/mol. The van der Waals surface area contributed by atoms with Gasteiger partial charge in [0, 0.05) is 12.0 Å². The van der Waals surface area contributed by atoms with Crippen molar-refractivity contribution in [3.8, 4) is 11.5 Å². The molecule has 198 valence electrons. The topological polar surface area (TPSA) is 160 Å². The minimum Gasteiger partial charge on any atom is -0.460 e. The van der Waals surface area contributed by atoms with Gasteiger partial charge in [0.2, 0.25) is 17.7 Å².